The maximum absolute atomic E-state index is 10.9. The molecule has 3 rings (SSSR count). The van der Waals surface area contributed by atoms with Gasteiger partial charge in [-0.1, -0.05) is 16.8 Å². The molecule has 0 bridgehead atoms. The molecular formula is C16H16ClNO5. The number of methoxy groups -OCH3 is 1. The van der Waals surface area contributed by atoms with Crippen LogP contribution in [0.4, 0.5) is 0 Å². The lowest BCUT2D eigenvalue weighted by Crippen LogP contribution is -2.12. The number of hydrogen-bond acceptors (Lipinski definition) is 5. The summed E-state index contributed by atoms with van der Waals surface area (Å²) in [5, 5.41) is 13.0. The third-order valence-electron chi connectivity index (χ3n) is 3.83. The summed E-state index contributed by atoms with van der Waals surface area (Å²) in [6, 6.07) is 4.71. The molecule has 0 aliphatic heterocycles. The average molecular weight is 338 g/mol. The minimum absolute atomic E-state index is 0.151. The van der Waals surface area contributed by atoms with Gasteiger partial charge in [0.2, 0.25) is 5.76 Å². The Bertz CT molecular complexity index is 721. The largest absolute Gasteiger partial charge is 0.493 e. The van der Waals surface area contributed by atoms with Crippen molar-refractivity contribution in [2.24, 2.45) is 0 Å². The van der Waals surface area contributed by atoms with Gasteiger partial charge >= 0.3 is 5.97 Å². The zero-order valence-corrected chi connectivity index (χ0v) is 13.3. The molecule has 1 fully saturated rings. The van der Waals surface area contributed by atoms with Crippen molar-refractivity contribution in [1.82, 2.24) is 5.16 Å². The number of rotatable bonds is 5. The number of carboxylic acids is 1. The molecule has 1 aliphatic carbocycles. The first-order valence-electron chi connectivity index (χ1n) is 7.33. The fourth-order valence-electron chi connectivity index (χ4n) is 2.67. The lowest BCUT2D eigenvalue weighted by Gasteiger charge is -2.17. The summed E-state index contributed by atoms with van der Waals surface area (Å²) in [5.74, 6) is -0.421. The standard InChI is InChI=1S/C16H16ClNO5/c1-21-13-7-9(12-8-14(16(19)20)23-18-12)6-11(17)15(13)22-10-4-2-3-5-10/h6-8,10H,2-5H2,1H3,(H,19,20). The molecule has 0 atom stereocenters. The molecule has 1 N–H and O–H groups in total. The molecule has 0 spiro atoms. The van der Waals surface area contributed by atoms with Gasteiger partial charge in [0.1, 0.15) is 5.69 Å². The highest BCUT2D eigenvalue weighted by Crippen LogP contribution is 2.41. The van der Waals surface area contributed by atoms with Gasteiger partial charge in [0.25, 0.3) is 0 Å². The molecule has 122 valence electrons. The van der Waals surface area contributed by atoms with Crippen molar-refractivity contribution in [1.29, 1.82) is 0 Å². The second-order valence-corrected chi connectivity index (χ2v) is 5.80. The fraction of sp³-hybridized carbons (Fsp3) is 0.375. The number of carbonyl (C=O) groups is 1. The van der Waals surface area contributed by atoms with E-state index in [2.05, 4.69) is 5.16 Å². The lowest BCUT2D eigenvalue weighted by molar-refractivity contribution is 0.0652. The number of halogens is 1. The quantitative estimate of drug-likeness (QED) is 0.887. The average Bonchev–Trinajstić information content (AvgIpc) is 3.20. The molecule has 0 amide bonds. The minimum atomic E-state index is -1.18. The maximum Gasteiger partial charge on any atom is 0.374 e. The highest BCUT2D eigenvalue weighted by molar-refractivity contribution is 6.32. The van der Waals surface area contributed by atoms with Crippen molar-refractivity contribution < 1.29 is 23.9 Å². The van der Waals surface area contributed by atoms with Crippen LogP contribution in [0.1, 0.15) is 36.2 Å². The fourth-order valence-corrected chi connectivity index (χ4v) is 2.92. The van der Waals surface area contributed by atoms with E-state index in [1.54, 1.807) is 12.1 Å². The summed E-state index contributed by atoms with van der Waals surface area (Å²) in [7, 11) is 1.53. The lowest BCUT2D eigenvalue weighted by atomic mass is 10.1. The normalized spacial score (nSPS) is 14.9. The van der Waals surface area contributed by atoms with Crippen molar-refractivity contribution in [3.63, 3.8) is 0 Å². The van der Waals surface area contributed by atoms with Crippen molar-refractivity contribution in [2.75, 3.05) is 7.11 Å². The molecule has 23 heavy (non-hydrogen) atoms. The summed E-state index contributed by atoms with van der Waals surface area (Å²) in [6.07, 6.45) is 4.47. The molecule has 7 heteroatoms. The van der Waals surface area contributed by atoms with Crippen LogP contribution in [-0.4, -0.2) is 29.4 Å². The molecule has 1 saturated carbocycles. The first-order chi connectivity index (χ1) is 11.1. The van der Waals surface area contributed by atoms with Crippen LogP contribution in [0.2, 0.25) is 5.02 Å². The predicted octanol–water partition coefficient (Wildman–Crippen LogP) is 4.02. The Morgan fingerprint density at radius 2 is 2.09 bits per heavy atom. The van der Waals surface area contributed by atoms with Gasteiger partial charge in [-0.2, -0.15) is 0 Å². The SMILES string of the molecule is COc1cc(-c2cc(C(=O)O)on2)cc(Cl)c1OC1CCCC1. The topological polar surface area (TPSA) is 81.8 Å². The summed E-state index contributed by atoms with van der Waals surface area (Å²) in [5.41, 5.74) is 0.969. The number of aromatic nitrogens is 1. The van der Waals surface area contributed by atoms with E-state index in [4.69, 9.17) is 30.7 Å². The van der Waals surface area contributed by atoms with Gasteiger partial charge in [-0.15, -0.1) is 0 Å². The van der Waals surface area contributed by atoms with Crippen LogP contribution in [0.5, 0.6) is 11.5 Å². The Hall–Kier alpha value is -2.21. The van der Waals surface area contributed by atoms with Gasteiger partial charge in [-0.3, -0.25) is 0 Å². The highest BCUT2D eigenvalue weighted by atomic mass is 35.5. The summed E-state index contributed by atoms with van der Waals surface area (Å²) >= 11 is 6.33. The van der Waals surface area contributed by atoms with Crippen LogP contribution in [0.25, 0.3) is 11.3 Å². The van der Waals surface area contributed by atoms with E-state index in [-0.39, 0.29) is 11.9 Å². The van der Waals surface area contributed by atoms with E-state index in [1.807, 2.05) is 0 Å². The molecular weight excluding hydrogens is 322 g/mol. The van der Waals surface area contributed by atoms with Crippen LogP contribution in [-0.2, 0) is 0 Å². The third-order valence-corrected chi connectivity index (χ3v) is 4.11. The molecule has 0 saturated heterocycles. The predicted molar refractivity (Wildman–Crippen MR) is 83.3 cm³/mol. The van der Waals surface area contributed by atoms with Gasteiger partial charge in [-0.25, -0.2) is 4.79 Å². The second kappa shape index (κ2) is 6.50. The van der Waals surface area contributed by atoms with Crippen molar-refractivity contribution in [2.45, 2.75) is 31.8 Å². The third kappa shape index (κ3) is 3.27. The Balaban J connectivity index is 1.93. The molecule has 1 heterocycles. The maximum atomic E-state index is 10.9. The monoisotopic (exact) mass is 337 g/mol. The van der Waals surface area contributed by atoms with Crippen molar-refractivity contribution in [3.05, 3.63) is 29.0 Å². The van der Waals surface area contributed by atoms with Gasteiger partial charge < -0.3 is 19.1 Å². The number of hydrogen-bond donors (Lipinski definition) is 1. The molecule has 1 aromatic heterocycles. The van der Waals surface area contributed by atoms with Crippen molar-refractivity contribution in [3.8, 4) is 22.8 Å². The van der Waals surface area contributed by atoms with Gasteiger partial charge in [-0.05, 0) is 37.8 Å². The Labute approximate surface area is 137 Å². The minimum Gasteiger partial charge on any atom is -0.493 e. The zero-order valence-electron chi connectivity index (χ0n) is 12.5. The van der Waals surface area contributed by atoms with Crippen LogP contribution in [0, 0.1) is 0 Å². The van der Waals surface area contributed by atoms with Crippen LogP contribution < -0.4 is 9.47 Å². The molecule has 1 aliphatic rings. The number of benzene rings is 1. The van der Waals surface area contributed by atoms with Crippen LogP contribution >= 0.6 is 11.6 Å². The second-order valence-electron chi connectivity index (χ2n) is 5.40. The van der Waals surface area contributed by atoms with E-state index in [9.17, 15) is 4.79 Å². The summed E-state index contributed by atoms with van der Waals surface area (Å²) in [4.78, 5) is 10.9. The first-order valence-corrected chi connectivity index (χ1v) is 7.71. The number of nitrogens with zero attached hydrogens (tertiary/aromatic N) is 1. The number of ether oxygens (including phenoxy) is 2. The van der Waals surface area contributed by atoms with Gasteiger partial charge in [0.05, 0.1) is 18.2 Å². The van der Waals surface area contributed by atoms with E-state index >= 15 is 0 Å². The van der Waals surface area contributed by atoms with E-state index < -0.39 is 5.97 Å². The van der Waals surface area contributed by atoms with Crippen molar-refractivity contribution >= 4 is 17.6 Å². The Kier molecular flexibility index (Phi) is 4.43. The molecule has 0 radical (unpaired) electrons. The smallest absolute Gasteiger partial charge is 0.374 e. The summed E-state index contributed by atoms with van der Waals surface area (Å²) < 4.78 is 16.1. The van der Waals surface area contributed by atoms with Crippen LogP contribution in [0.15, 0.2) is 22.7 Å². The highest BCUT2D eigenvalue weighted by Gasteiger charge is 2.22. The first kappa shape index (κ1) is 15.7. The number of carboxylic acid groups (broad SMARTS) is 1. The molecule has 0 unspecified atom stereocenters. The molecule has 2 aromatic rings. The zero-order chi connectivity index (χ0) is 16.4. The van der Waals surface area contributed by atoms with E-state index in [0.29, 0.717) is 27.8 Å². The summed E-state index contributed by atoms with van der Waals surface area (Å²) in [6.45, 7) is 0. The Morgan fingerprint density at radius 1 is 1.35 bits per heavy atom. The van der Waals surface area contributed by atoms with Gasteiger partial charge in [0, 0.05) is 11.6 Å². The Morgan fingerprint density at radius 3 is 2.70 bits per heavy atom. The van der Waals surface area contributed by atoms with E-state index in [1.165, 1.54) is 13.2 Å². The molecule has 6 nitrogen and oxygen atoms in total. The van der Waals surface area contributed by atoms with Gasteiger partial charge in [0.15, 0.2) is 11.5 Å². The van der Waals surface area contributed by atoms with E-state index in [0.717, 1.165) is 25.7 Å². The number of aromatic carboxylic acids is 1. The van der Waals surface area contributed by atoms with Crippen LogP contribution in [0.3, 0.4) is 0 Å². The molecule has 1 aromatic carbocycles.